The molecular weight excluding hydrogens is 312 g/mol. The van der Waals surface area contributed by atoms with Crippen LogP contribution in [0, 0.1) is 0 Å². The van der Waals surface area contributed by atoms with Crippen LogP contribution in [-0.4, -0.2) is 12.6 Å². The zero-order valence-electron chi connectivity index (χ0n) is 13.0. The maximum Gasteiger partial charge on any atom is 0.336 e. The molecule has 0 aliphatic heterocycles. The first-order valence-electron chi connectivity index (χ1n) is 7.56. The van der Waals surface area contributed by atoms with Crippen LogP contribution < -0.4 is 9.47 Å². The SMILES string of the molecule is CCCCOc1ccc(/C=C/C(=O)Oc2ccccc2Cl)cc1. The van der Waals surface area contributed by atoms with Crippen molar-refractivity contribution in [3.05, 3.63) is 65.2 Å². The highest BCUT2D eigenvalue weighted by Crippen LogP contribution is 2.23. The topological polar surface area (TPSA) is 35.5 Å². The number of carbonyl (C=O) groups excluding carboxylic acids is 1. The van der Waals surface area contributed by atoms with E-state index in [1.165, 1.54) is 6.08 Å². The molecule has 23 heavy (non-hydrogen) atoms. The molecule has 120 valence electrons. The Bertz CT molecular complexity index is 663. The highest BCUT2D eigenvalue weighted by Gasteiger charge is 2.04. The number of rotatable bonds is 7. The van der Waals surface area contributed by atoms with E-state index in [0.29, 0.717) is 10.8 Å². The number of benzene rings is 2. The minimum atomic E-state index is -0.471. The molecule has 3 nitrogen and oxygen atoms in total. The Morgan fingerprint density at radius 2 is 1.87 bits per heavy atom. The summed E-state index contributed by atoms with van der Waals surface area (Å²) < 4.78 is 10.8. The maximum atomic E-state index is 11.8. The molecule has 0 saturated carbocycles. The zero-order valence-corrected chi connectivity index (χ0v) is 13.8. The molecule has 0 radical (unpaired) electrons. The standard InChI is InChI=1S/C19H19ClO3/c1-2-3-14-22-16-11-8-15(9-12-16)10-13-19(21)23-18-7-5-4-6-17(18)20/h4-13H,2-3,14H2,1H3/b13-10+. The minimum Gasteiger partial charge on any atom is -0.494 e. The average Bonchev–Trinajstić information content (AvgIpc) is 2.56. The average molecular weight is 331 g/mol. The van der Waals surface area contributed by atoms with Crippen LogP contribution in [0.1, 0.15) is 25.3 Å². The Morgan fingerprint density at radius 1 is 1.13 bits per heavy atom. The normalized spacial score (nSPS) is 10.7. The quantitative estimate of drug-likeness (QED) is 0.305. The summed E-state index contributed by atoms with van der Waals surface area (Å²) in [7, 11) is 0. The number of hydrogen-bond donors (Lipinski definition) is 0. The van der Waals surface area contributed by atoms with Crippen molar-refractivity contribution in [2.24, 2.45) is 0 Å². The van der Waals surface area contributed by atoms with Gasteiger partial charge in [-0.1, -0.05) is 49.2 Å². The number of carbonyl (C=O) groups is 1. The van der Waals surface area contributed by atoms with Crippen LogP contribution in [-0.2, 0) is 4.79 Å². The highest BCUT2D eigenvalue weighted by molar-refractivity contribution is 6.32. The molecule has 2 aromatic carbocycles. The Kier molecular flexibility index (Phi) is 6.70. The predicted octanol–water partition coefficient (Wildman–Crippen LogP) is 5.14. The number of hydrogen-bond acceptors (Lipinski definition) is 3. The first-order chi connectivity index (χ1) is 11.2. The lowest BCUT2D eigenvalue weighted by Crippen LogP contribution is -2.03. The number of para-hydroxylation sites is 1. The van der Waals surface area contributed by atoms with E-state index in [4.69, 9.17) is 21.1 Å². The number of ether oxygens (including phenoxy) is 2. The van der Waals surface area contributed by atoms with E-state index in [1.54, 1.807) is 30.3 Å². The highest BCUT2D eigenvalue weighted by atomic mass is 35.5. The lowest BCUT2D eigenvalue weighted by Gasteiger charge is -2.05. The summed E-state index contributed by atoms with van der Waals surface area (Å²) >= 11 is 5.94. The molecule has 0 aromatic heterocycles. The second-order valence-corrected chi connectivity index (χ2v) is 5.36. The van der Waals surface area contributed by atoms with E-state index < -0.39 is 5.97 Å². The van der Waals surface area contributed by atoms with Gasteiger partial charge in [0.05, 0.1) is 11.6 Å². The van der Waals surface area contributed by atoms with Crippen LogP contribution in [0.15, 0.2) is 54.6 Å². The van der Waals surface area contributed by atoms with Crippen LogP contribution >= 0.6 is 11.6 Å². The summed E-state index contributed by atoms with van der Waals surface area (Å²) in [5.74, 6) is 0.708. The van der Waals surface area contributed by atoms with Gasteiger partial charge in [0, 0.05) is 6.08 Å². The van der Waals surface area contributed by atoms with Crippen LogP contribution in [0.2, 0.25) is 5.02 Å². The number of halogens is 1. The van der Waals surface area contributed by atoms with Gasteiger partial charge in [0.25, 0.3) is 0 Å². The lowest BCUT2D eigenvalue weighted by molar-refractivity contribution is -0.128. The van der Waals surface area contributed by atoms with Gasteiger partial charge in [-0.25, -0.2) is 4.79 Å². The molecule has 0 heterocycles. The molecule has 0 N–H and O–H groups in total. The molecular formula is C19H19ClO3. The predicted molar refractivity (Wildman–Crippen MR) is 93.0 cm³/mol. The summed E-state index contributed by atoms with van der Waals surface area (Å²) in [5, 5.41) is 0.405. The van der Waals surface area contributed by atoms with Gasteiger partial charge in [-0.2, -0.15) is 0 Å². The van der Waals surface area contributed by atoms with Crippen LogP contribution in [0.5, 0.6) is 11.5 Å². The minimum absolute atomic E-state index is 0.350. The van der Waals surface area contributed by atoms with Crippen molar-refractivity contribution in [1.82, 2.24) is 0 Å². The van der Waals surface area contributed by atoms with Crippen LogP contribution in [0.4, 0.5) is 0 Å². The second-order valence-electron chi connectivity index (χ2n) is 4.96. The second kappa shape index (κ2) is 9.01. The van der Waals surface area contributed by atoms with E-state index in [-0.39, 0.29) is 0 Å². The largest absolute Gasteiger partial charge is 0.494 e. The molecule has 0 aliphatic carbocycles. The molecule has 2 aromatic rings. The van der Waals surface area contributed by atoms with Gasteiger partial charge in [0.15, 0.2) is 0 Å². The van der Waals surface area contributed by atoms with E-state index in [1.807, 2.05) is 24.3 Å². The molecule has 0 aliphatic rings. The number of unbranched alkanes of at least 4 members (excludes halogenated alkanes) is 1. The molecule has 0 unspecified atom stereocenters. The summed E-state index contributed by atoms with van der Waals surface area (Å²) in [5.41, 5.74) is 0.893. The molecule has 0 bridgehead atoms. The van der Waals surface area contributed by atoms with Crippen molar-refractivity contribution in [1.29, 1.82) is 0 Å². The third kappa shape index (κ3) is 5.80. The summed E-state index contributed by atoms with van der Waals surface area (Å²) in [4.78, 5) is 11.8. The fourth-order valence-corrected chi connectivity index (χ4v) is 2.02. The van der Waals surface area contributed by atoms with Crippen molar-refractivity contribution in [3.8, 4) is 11.5 Å². The van der Waals surface area contributed by atoms with Crippen LogP contribution in [0.25, 0.3) is 6.08 Å². The zero-order chi connectivity index (χ0) is 16.5. The Labute approximate surface area is 141 Å². The first kappa shape index (κ1) is 17.1. The van der Waals surface area contributed by atoms with E-state index in [2.05, 4.69) is 6.92 Å². The molecule has 0 amide bonds. The first-order valence-corrected chi connectivity index (χ1v) is 7.94. The molecule has 0 fully saturated rings. The summed E-state index contributed by atoms with van der Waals surface area (Å²) in [6.45, 7) is 2.84. The fraction of sp³-hybridized carbons (Fsp3) is 0.211. The molecule has 0 spiro atoms. The Hall–Kier alpha value is -2.26. The van der Waals surface area contributed by atoms with Crippen molar-refractivity contribution in [2.45, 2.75) is 19.8 Å². The summed E-state index contributed by atoms with van der Waals surface area (Å²) in [6, 6.07) is 14.4. The molecule has 4 heteroatoms. The lowest BCUT2D eigenvalue weighted by atomic mass is 10.2. The van der Waals surface area contributed by atoms with E-state index >= 15 is 0 Å². The van der Waals surface area contributed by atoms with Gasteiger partial charge in [-0.3, -0.25) is 0 Å². The molecule has 0 saturated heterocycles. The van der Waals surface area contributed by atoms with Crippen molar-refractivity contribution in [2.75, 3.05) is 6.61 Å². The van der Waals surface area contributed by atoms with Gasteiger partial charge in [0.1, 0.15) is 11.5 Å². The summed E-state index contributed by atoms with van der Waals surface area (Å²) in [6.07, 6.45) is 5.20. The molecule has 0 atom stereocenters. The Balaban J connectivity index is 1.89. The van der Waals surface area contributed by atoms with Crippen molar-refractivity contribution < 1.29 is 14.3 Å². The third-order valence-corrected chi connectivity index (χ3v) is 3.42. The van der Waals surface area contributed by atoms with Gasteiger partial charge >= 0.3 is 5.97 Å². The van der Waals surface area contributed by atoms with Crippen molar-refractivity contribution in [3.63, 3.8) is 0 Å². The van der Waals surface area contributed by atoms with Crippen molar-refractivity contribution >= 4 is 23.6 Å². The van der Waals surface area contributed by atoms with Gasteiger partial charge < -0.3 is 9.47 Å². The van der Waals surface area contributed by atoms with Gasteiger partial charge in [-0.05, 0) is 42.3 Å². The number of esters is 1. The van der Waals surface area contributed by atoms with E-state index in [0.717, 1.165) is 30.8 Å². The smallest absolute Gasteiger partial charge is 0.336 e. The van der Waals surface area contributed by atoms with Gasteiger partial charge in [0.2, 0.25) is 0 Å². The fourth-order valence-electron chi connectivity index (χ4n) is 1.84. The maximum absolute atomic E-state index is 11.8. The monoisotopic (exact) mass is 330 g/mol. The van der Waals surface area contributed by atoms with E-state index in [9.17, 15) is 4.79 Å². The molecule has 2 rings (SSSR count). The Morgan fingerprint density at radius 3 is 2.57 bits per heavy atom. The van der Waals surface area contributed by atoms with Gasteiger partial charge in [-0.15, -0.1) is 0 Å². The van der Waals surface area contributed by atoms with Crippen LogP contribution in [0.3, 0.4) is 0 Å². The third-order valence-electron chi connectivity index (χ3n) is 3.11.